The normalized spacial score (nSPS) is 12.2. The molecule has 2 N–H and O–H groups in total. The van der Waals surface area contributed by atoms with Gasteiger partial charge in [-0.05, 0) is 63.9 Å². The van der Waals surface area contributed by atoms with Gasteiger partial charge in [0.2, 0.25) is 11.8 Å². The van der Waals surface area contributed by atoms with Crippen LogP contribution in [0.1, 0.15) is 49.7 Å². The van der Waals surface area contributed by atoms with Crippen molar-refractivity contribution in [2.45, 2.75) is 53.1 Å². The number of thiophene rings is 2. The van der Waals surface area contributed by atoms with E-state index in [-0.39, 0.29) is 12.1 Å². The zero-order chi connectivity index (χ0) is 45.8. The number of pyridine rings is 1. The van der Waals surface area contributed by atoms with Gasteiger partial charge in [-0.1, -0.05) is 0 Å². The Kier molecular flexibility index (Phi) is 10.9. The maximum atomic E-state index is 5.42. The van der Waals surface area contributed by atoms with E-state index in [0.29, 0.717) is 58.9 Å². The summed E-state index contributed by atoms with van der Waals surface area (Å²) in [6.45, 7) is 10.5. The summed E-state index contributed by atoms with van der Waals surface area (Å²) < 4.78 is 18.6. The van der Waals surface area contributed by atoms with Crippen LogP contribution in [-0.4, -0.2) is 87.8 Å². The molecule has 0 bridgehead atoms. The first-order chi connectivity index (χ1) is 31.9. The highest BCUT2D eigenvalue weighted by molar-refractivity contribution is 7.22. The molecule has 0 aliphatic heterocycles. The van der Waals surface area contributed by atoms with E-state index in [0.717, 1.165) is 64.1 Å². The quantitative estimate of drug-likeness (QED) is 0.105. The van der Waals surface area contributed by atoms with Crippen LogP contribution >= 0.6 is 22.7 Å². The summed E-state index contributed by atoms with van der Waals surface area (Å²) in [5, 5.41) is 18.7. The van der Waals surface area contributed by atoms with Crippen LogP contribution in [0.2, 0.25) is 0 Å². The van der Waals surface area contributed by atoms with Crippen molar-refractivity contribution in [3.8, 4) is 56.2 Å². The fourth-order valence-corrected chi connectivity index (χ4v) is 10.1. The van der Waals surface area contributed by atoms with Gasteiger partial charge in [-0.15, -0.1) is 22.7 Å². The topological polar surface area (TPSA) is 204 Å². The minimum atomic E-state index is -0.0357. The van der Waals surface area contributed by atoms with E-state index >= 15 is 0 Å². The van der Waals surface area contributed by atoms with Crippen molar-refractivity contribution in [2.75, 3.05) is 24.9 Å². The van der Waals surface area contributed by atoms with Crippen molar-refractivity contribution in [1.82, 2.24) is 73.6 Å². The average Bonchev–Trinajstić information content (AvgIpc) is 4.18. The van der Waals surface area contributed by atoms with Gasteiger partial charge in [0.05, 0.1) is 46.5 Å². The maximum absolute atomic E-state index is 5.42. The number of hydrogen-bond acceptors (Lipinski definition) is 17. The molecule has 10 aromatic heterocycles. The fraction of sp³-hybridized carbons (Fsp3) is 0.267. The van der Waals surface area contributed by atoms with Crippen molar-refractivity contribution in [1.29, 1.82) is 0 Å². The minimum Gasteiger partial charge on any atom is -0.481 e. The molecule has 0 radical (unpaired) electrons. The van der Waals surface area contributed by atoms with E-state index < -0.39 is 0 Å². The van der Waals surface area contributed by atoms with Crippen LogP contribution in [0.25, 0.3) is 64.9 Å². The summed E-state index contributed by atoms with van der Waals surface area (Å²) in [7, 11) is 7.05. The second-order valence-electron chi connectivity index (χ2n) is 16.1. The number of anilines is 4. The number of aromatic nitrogens is 15. The third-order valence-electron chi connectivity index (χ3n) is 11.2. The van der Waals surface area contributed by atoms with Crippen molar-refractivity contribution in [3.05, 3.63) is 90.7 Å². The summed E-state index contributed by atoms with van der Waals surface area (Å²) >= 11 is 3.15. The standard InChI is InChI=1S/C45H45N17O2S2/c1-23(2)61-15-11-29(57-61)36-25(4)34-38(50-27-10-13-46-32(19-27)63-8)53-41(56-44(34)65-36)43-51-28(21-60(43)7)18-24(3)62-16-12-30(58-62)37-26(5)35-39(52-31-20-33(64-9)49-22-48-31)54-40(55-45(35)66-37)42-47-14-17-59(42)6/h10-17,19-24H,18H2,1-9H3,(H,46,50,53,56)(H,48,49,52,54,55). The number of nitrogens with zero attached hydrogens (tertiary/aromatic N) is 15. The number of fused-ring (bicyclic) bond motifs is 2. The first kappa shape index (κ1) is 42.3. The van der Waals surface area contributed by atoms with Crippen molar-refractivity contribution in [3.63, 3.8) is 0 Å². The molecular weight excluding hydrogens is 875 g/mol. The molecule has 0 aliphatic carbocycles. The SMILES string of the molecule is COc1cc(Nc2nc(-c3nc(CC(C)n4ccc(-c5sc6nc(-c7nccn7C)nc(Nc7cc(OC)ncn7)c6c5C)n4)cn3C)nc3sc(-c4ccn(C(C)C)n4)c(C)c23)ccn1. The average molecular weight is 920 g/mol. The predicted molar refractivity (Wildman–Crippen MR) is 256 cm³/mol. The Morgan fingerprint density at radius 2 is 1.29 bits per heavy atom. The van der Waals surface area contributed by atoms with E-state index in [2.05, 4.69) is 65.2 Å². The van der Waals surface area contributed by atoms with Gasteiger partial charge in [-0.2, -0.15) is 10.2 Å². The molecule has 10 heterocycles. The summed E-state index contributed by atoms with van der Waals surface area (Å²) in [5.41, 5.74) is 5.41. The lowest BCUT2D eigenvalue weighted by atomic mass is 10.1. The highest BCUT2D eigenvalue weighted by Crippen LogP contribution is 2.43. The van der Waals surface area contributed by atoms with Gasteiger partial charge in [0, 0.05) is 81.6 Å². The van der Waals surface area contributed by atoms with Gasteiger partial charge in [0.25, 0.3) is 0 Å². The molecule has 1 atom stereocenters. The number of ether oxygens (including phenoxy) is 2. The van der Waals surface area contributed by atoms with Gasteiger partial charge in [0.1, 0.15) is 44.8 Å². The third kappa shape index (κ3) is 7.84. The zero-order valence-corrected chi connectivity index (χ0v) is 39.3. The van der Waals surface area contributed by atoms with Crippen molar-refractivity contribution >= 4 is 66.2 Å². The Morgan fingerprint density at radius 1 is 0.652 bits per heavy atom. The second-order valence-corrected chi connectivity index (χ2v) is 18.1. The molecule has 10 aromatic rings. The summed E-state index contributed by atoms with van der Waals surface area (Å²) in [5.74, 6) is 4.96. The number of aryl methyl sites for hydroxylation is 4. The number of methoxy groups -OCH3 is 2. The molecule has 0 saturated heterocycles. The Labute approximate surface area is 386 Å². The smallest absolute Gasteiger partial charge is 0.218 e. The van der Waals surface area contributed by atoms with Crippen LogP contribution in [0.4, 0.5) is 23.1 Å². The molecule has 10 rings (SSSR count). The predicted octanol–water partition coefficient (Wildman–Crippen LogP) is 8.91. The number of rotatable bonds is 14. The lowest BCUT2D eigenvalue weighted by molar-refractivity contribution is 0.397. The minimum absolute atomic E-state index is 0.0357. The van der Waals surface area contributed by atoms with Gasteiger partial charge < -0.3 is 29.2 Å². The molecule has 1 unspecified atom stereocenters. The molecule has 19 nitrogen and oxygen atoms in total. The molecule has 334 valence electrons. The van der Waals surface area contributed by atoms with Gasteiger partial charge in [-0.25, -0.2) is 44.9 Å². The fourth-order valence-electron chi connectivity index (χ4n) is 7.79. The number of nitrogens with one attached hydrogen (secondary N) is 2. The molecule has 0 spiro atoms. The molecule has 0 fully saturated rings. The first-order valence-corrected chi connectivity index (χ1v) is 22.7. The van der Waals surface area contributed by atoms with Crippen LogP contribution in [0.3, 0.4) is 0 Å². The van der Waals surface area contributed by atoms with Crippen LogP contribution in [0.5, 0.6) is 11.8 Å². The Morgan fingerprint density at radius 3 is 1.92 bits per heavy atom. The van der Waals surface area contributed by atoms with Crippen LogP contribution in [-0.2, 0) is 20.5 Å². The van der Waals surface area contributed by atoms with Gasteiger partial charge >= 0.3 is 0 Å². The number of hydrogen-bond donors (Lipinski definition) is 2. The summed E-state index contributed by atoms with van der Waals surface area (Å²) in [4.78, 5) is 46.3. The van der Waals surface area contributed by atoms with E-state index in [1.807, 2.05) is 81.6 Å². The van der Waals surface area contributed by atoms with Crippen LogP contribution in [0, 0.1) is 13.8 Å². The van der Waals surface area contributed by atoms with Crippen molar-refractivity contribution in [2.24, 2.45) is 14.1 Å². The van der Waals surface area contributed by atoms with Crippen LogP contribution < -0.4 is 20.1 Å². The lowest BCUT2D eigenvalue weighted by Gasteiger charge is -2.11. The van der Waals surface area contributed by atoms with Crippen LogP contribution in [0.15, 0.2) is 73.8 Å². The molecule has 0 aromatic carbocycles. The Balaban J connectivity index is 0.959. The Bertz CT molecular complexity index is 3410. The Hall–Kier alpha value is -7.65. The summed E-state index contributed by atoms with van der Waals surface area (Å²) in [6, 6.07) is 9.73. The number of imidazole rings is 2. The maximum Gasteiger partial charge on any atom is 0.218 e. The zero-order valence-electron chi connectivity index (χ0n) is 37.6. The molecular formula is C45H45N17O2S2. The van der Waals surface area contributed by atoms with E-state index in [4.69, 9.17) is 44.6 Å². The lowest BCUT2D eigenvalue weighted by Crippen LogP contribution is -2.09. The van der Waals surface area contributed by atoms with E-state index in [9.17, 15) is 0 Å². The molecule has 0 amide bonds. The van der Waals surface area contributed by atoms with E-state index in [1.54, 1.807) is 55.4 Å². The molecule has 66 heavy (non-hydrogen) atoms. The molecule has 0 aliphatic rings. The highest BCUT2D eigenvalue weighted by atomic mass is 32.1. The summed E-state index contributed by atoms with van der Waals surface area (Å²) in [6.07, 6.45) is 13.4. The highest BCUT2D eigenvalue weighted by Gasteiger charge is 2.25. The van der Waals surface area contributed by atoms with Gasteiger partial charge in [-0.3, -0.25) is 9.36 Å². The monoisotopic (exact) mass is 919 g/mol. The largest absolute Gasteiger partial charge is 0.481 e. The third-order valence-corrected chi connectivity index (χ3v) is 13.6. The molecule has 21 heteroatoms. The second kappa shape index (κ2) is 17.0. The molecule has 0 saturated carbocycles. The van der Waals surface area contributed by atoms with Gasteiger partial charge in [0.15, 0.2) is 23.3 Å². The first-order valence-electron chi connectivity index (χ1n) is 21.1. The van der Waals surface area contributed by atoms with E-state index in [1.165, 1.54) is 6.33 Å². The van der Waals surface area contributed by atoms with Crippen molar-refractivity contribution < 1.29 is 9.47 Å².